The van der Waals surface area contributed by atoms with E-state index in [-0.39, 0.29) is 0 Å². The Bertz CT molecular complexity index is 610. The maximum Gasteiger partial charge on any atom is 0.142 e. The fraction of sp³-hybridized carbons (Fsp3) is 0.333. The van der Waals surface area contributed by atoms with Crippen LogP contribution in [0.15, 0.2) is 42.5 Å². The number of rotatable bonds is 6. The van der Waals surface area contributed by atoms with Crippen LogP contribution in [0.4, 0.5) is 5.69 Å². The second-order valence-corrected chi connectivity index (χ2v) is 5.24. The lowest BCUT2D eigenvalue weighted by Crippen LogP contribution is -2.03. The summed E-state index contributed by atoms with van der Waals surface area (Å²) in [6, 6.07) is 14.5. The maximum absolute atomic E-state index is 5.77. The molecule has 1 aliphatic heterocycles. The molecule has 0 saturated carbocycles. The molecule has 0 unspecified atom stereocenters. The van der Waals surface area contributed by atoms with Crippen LogP contribution < -0.4 is 14.8 Å². The number of para-hydroxylation sites is 2. The highest BCUT2D eigenvalue weighted by atomic mass is 16.5. The zero-order valence-electron chi connectivity index (χ0n) is 12.4. The molecule has 21 heavy (non-hydrogen) atoms. The lowest BCUT2D eigenvalue weighted by Gasteiger charge is -2.13. The van der Waals surface area contributed by atoms with E-state index in [4.69, 9.17) is 9.47 Å². The molecule has 0 bridgehead atoms. The Labute approximate surface area is 125 Å². The molecule has 1 heterocycles. The molecule has 3 nitrogen and oxygen atoms in total. The summed E-state index contributed by atoms with van der Waals surface area (Å²) in [4.78, 5) is 0. The molecule has 0 aromatic heterocycles. The average molecular weight is 283 g/mol. The van der Waals surface area contributed by atoms with Crippen molar-refractivity contribution in [1.82, 2.24) is 0 Å². The van der Waals surface area contributed by atoms with Gasteiger partial charge in [-0.3, -0.25) is 0 Å². The lowest BCUT2D eigenvalue weighted by molar-refractivity contribution is 0.319. The van der Waals surface area contributed by atoms with Crippen LogP contribution in [0.5, 0.6) is 11.5 Å². The van der Waals surface area contributed by atoms with Crippen molar-refractivity contribution in [2.24, 2.45) is 0 Å². The number of anilines is 1. The zero-order chi connectivity index (χ0) is 14.5. The predicted octanol–water partition coefficient (Wildman–Crippen LogP) is 4.02. The Kier molecular flexibility index (Phi) is 4.29. The van der Waals surface area contributed by atoms with E-state index in [9.17, 15) is 0 Å². The second-order valence-electron chi connectivity index (χ2n) is 5.24. The van der Waals surface area contributed by atoms with Crippen molar-refractivity contribution in [3.05, 3.63) is 53.6 Å². The van der Waals surface area contributed by atoms with Gasteiger partial charge in [0.05, 0.1) is 18.9 Å². The average Bonchev–Trinajstić information content (AvgIpc) is 2.99. The van der Waals surface area contributed by atoms with Gasteiger partial charge in [-0.05, 0) is 35.7 Å². The minimum absolute atomic E-state index is 0.745. The molecule has 2 aromatic carbocycles. The Balaban J connectivity index is 1.67. The maximum atomic E-state index is 5.77. The summed E-state index contributed by atoms with van der Waals surface area (Å²) in [6.45, 7) is 4.46. The predicted molar refractivity (Wildman–Crippen MR) is 85.2 cm³/mol. The van der Waals surface area contributed by atoms with Crippen LogP contribution in [0.1, 0.15) is 24.5 Å². The Hall–Kier alpha value is -2.16. The largest absolute Gasteiger partial charge is 0.493 e. The molecule has 0 amide bonds. The fourth-order valence-electron chi connectivity index (χ4n) is 2.50. The first-order valence-corrected chi connectivity index (χ1v) is 7.57. The summed E-state index contributed by atoms with van der Waals surface area (Å²) >= 11 is 0. The van der Waals surface area contributed by atoms with Crippen LogP contribution in [0.3, 0.4) is 0 Å². The van der Waals surface area contributed by atoms with Crippen molar-refractivity contribution in [2.75, 3.05) is 18.5 Å². The van der Waals surface area contributed by atoms with E-state index in [2.05, 4.69) is 36.5 Å². The summed E-state index contributed by atoms with van der Waals surface area (Å²) in [6.07, 6.45) is 2.03. The molecule has 3 rings (SSSR count). The van der Waals surface area contributed by atoms with Gasteiger partial charge in [0, 0.05) is 13.0 Å². The fourth-order valence-corrected chi connectivity index (χ4v) is 2.50. The summed E-state index contributed by atoms with van der Waals surface area (Å²) < 4.78 is 11.3. The van der Waals surface area contributed by atoms with Crippen molar-refractivity contribution in [3.63, 3.8) is 0 Å². The first-order valence-electron chi connectivity index (χ1n) is 7.57. The second kappa shape index (κ2) is 6.53. The van der Waals surface area contributed by atoms with Gasteiger partial charge >= 0.3 is 0 Å². The van der Waals surface area contributed by atoms with Crippen LogP contribution in [-0.4, -0.2) is 13.2 Å². The highest BCUT2D eigenvalue weighted by Gasteiger charge is 2.12. The number of fused-ring (bicyclic) bond motifs is 1. The van der Waals surface area contributed by atoms with E-state index in [1.54, 1.807) is 0 Å². The van der Waals surface area contributed by atoms with Crippen LogP contribution in [-0.2, 0) is 13.0 Å². The van der Waals surface area contributed by atoms with E-state index in [0.29, 0.717) is 0 Å². The van der Waals surface area contributed by atoms with E-state index >= 15 is 0 Å². The van der Waals surface area contributed by atoms with E-state index in [1.165, 1.54) is 11.1 Å². The summed E-state index contributed by atoms with van der Waals surface area (Å²) in [7, 11) is 0. The number of hydrogen-bond donors (Lipinski definition) is 1. The Morgan fingerprint density at radius 3 is 3.00 bits per heavy atom. The SMILES string of the molecule is CCCOc1ccccc1NCc1ccc2c(c1)CCO2. The molecule has 1 aliphatic rings. The highest BCUT2D eigenvalue weighted by Crippen LogP contribution is 2.28. The Morgan fingerprint density at radius 2 is 2.10 bits per heavy atom. The number of benzene rings is 2. The number of nitrogens with one attached hydrogen (secondary N) is 1. The van der Waals surface area contributed by atoms with Gasteiger partial charge in [-0.1, -0.05) is 31.2 Å². The van der Waals surface area contributed by atoms with Gasteiger partial charge in [-0.15, -0.1) is 0 Å². The lowest BCUT2D eigenvalue weighted by atomic mass is 10.1. The molecule has 0 atom stereocenters. The quantitative estimate of drug-likeness (QED) is 0.868. The molecule has 3 heteroatoms. The molecule has 110 valence electrons. The van der Waals surface area contributed by atoms with Gasteiger partial charge in [0.2, 0.25) is 0 Å². The van der Waals surface area contributed by atoms with Crippen LogP contribution in [0.25, 0.3) is 0 Å². The third-order valence-corrected chi connectivity index (χ3v) is 3.59. The molecule has 0 aliphatic carbocycles. The monoisotopic (exact) mass is 283 g/mol. The van der Waals surface area contributed by atoms with Crippen molar-refractivity contribution in [1.29, 1.82) is 0 Å². The minimum Gasteiger partial charge on any atom is -0.493 e. The van der Waals surface area contributed by atoms with Gasteiger partial charge in [0.1, 0.15) is 11.5 Å². The summed E-state index contributed by atoms with van der Waals surface area (Å²) in [5, 5.41) is 3.46. The molecule has 0 saturated heterocycles. The van der Waals surface area contributed by atoms with Gasteiger partial charge < -0.3 is 14.8 Å². The summed E-state index contributed by atoms with van der Waals surface area (Å²) in [5.74, 6) is 1.95. The molecule has 0 spiro atoms. The smallest absolute Gasteiger partial charge is 0.142 e. The third kappa shape index (κ3) is 3.30. The van der Waals surface area contributed by atoms with Gasteiger partial charge in [-0.25, -0.2) is 0 Å². The van der Waals surface area contributed by atoms with Gasteiger partial charge in [-0.2, -0.15) is 0 Å². The number of ether oxygens (including phenoxy) is 2. The highest BCUT2D eigenvalue weighted by molar-refractivity contribution is 5.56. The van der Waals surface area contributed by atoms with Crippen LogP contribution in [0.2, 0.25) is 0 Å². The Morgan fingerprint density at radius 1 is 1.19 bits per heavy atom. The van der Waals surface area contributed by atoms with Crippen molar-refractivity contribution < 1.29 is 9.47 Å². The molecular formula is C18H21NO2. The molecule has 0 radical (unpaired) electrons. The number of hydrogen-bond acceptors (Lipinski definition) is 3. The van der Waals surface area contributed by atoms with Gasteiger partial charge in [0.25, 0.3) is 0 Å². The molecule has 0 fully saturated rings. The molecule has 2 aromatic rings. The zero-order valence-corrected chi connectivity index (χ0v) is 12.4. The van der Waals surface area contributed by atoms with Crippen molar-refractivity contribution in [3.8, 4) is 11.5 Å². The first-order chi connectivity index (χ1) is 10.4. The normalized spacial score (nSPS) is 12.6. The topological polar surface area (TPSA) is 30.5 Å². The van der Waals surface area contributed by atoms with E-state index in [0.717, 1.165) is 49.8 Å². The molecule has 1 N–H and O–H groups in total. The van der Waals surface area contributed by atoms with E-state index < -0.39 is 0 Å². The summed E-state index contributed by atoms with van der Waals surface area (Å²) in [5.41, 5.74) is 3.62. The van der Waals surface area contributed by atoms with Crippen molar-refractivity contribution >= 4 is 5.69 Å². The van der Waals surface area contributed by atoms with Crippen molar-refractivity contribution in [2.45, 2.75) is 26.3 Å². The van der Waals surface area contributed by atoms with Gasteiger partial charge in [0.15, 0.2) is 0 Å². The van der Waals surface area contributed by atoms with Crippen LogP contribution in [0, 0.1) is 0 Å². The molecular weight excluding hydrogens is 262 g/mol. The standard InChI is InChI=1S/C18H21NO2/c1-2-10-20-18-6-4-3-5-16(18)19-13-14-7-8-17-15(12-14)9-11-21-17/h3-8,12,19H,2,9-11,13H2,1H3. The first kappa shape index (κ1) is 13.8. The third-order valence-electron chi connectivity index (χ3n) is 3.59. The van der Waals surface area contributed by atoms with Crippen LogP contribution >= 0.6 is 0 Å². The minimum atomic E-state index is 0.745. The van der Waals surface area contributed by atoms with E-state index in [1.807, 2.05) is 18.2 Å².